The van der Waals surface area contributed by atoms with Gasteiger partial charge in [-0.2, -0.15) is 5.26 Å². The van der Waals surface area contributed by atoms with Crippen molar-refractivity contribution in [3.63, 3.8) is 0 Å². The summed E-state index contributed by atoms with van der Waals surface area (Å²) in [5.74, 6) is -0.779. The van der Waals surface area contributed by atoms with Gasteiger partial charge in [0.15, 0.2) is 0 Å². The summed E-state index contributed by atoms with van der Waals surface area (Å²) in [5, 5.41) is 11.3. The number of anilines is 2. The molecule has 5 heteroatoms. The maximum absolute atomic E-state index is 13.4. The van der Waals surface area contributed by atoms with Crippen LogP contribution >= 0.6 is 0 Å². The van der Waals surface area contributed by atoms with E-state index < -0.39 is 5.82 Å². The van der Waals surface area contributed by atoms with Crippen LogP contribution in [0.4, 0.5) is 15.8 Å². The summed E-state index contributed by atoms with van der Waals surface area (Å²) in [5.41, 5.74) is 1.52. The summed E-state index contributed by atoms with van der Waals surface area (Å²) in [6.07, 6.45) is 0. The van der Waals surface area contributed by atoms with Crippen LogP contribution in [-0.2, 0) is 4.79 Å². The van der Waals surface area contributed by atoms with Crippen LogP contribution in [-0.4, -0.2) is 19.5 Å². The van der Waals surface area contributed by atoms with E-state index in [1.54, 1.807) is 48.3 Å². The van der Waals surface area contributed by atoms with Crippen LogP contribution in [0, 0.1) is 17.1 Å². The van der Waals surface area contributed by atoms with E-state index >= 15 is 0 Å². The largest absolute Gasteiger partial charge is 0.365 e. The summed E-state index contributed by atoms with van der Waals surface area (Å²) < 4.78 is 13.4. The van der Waals surface area contributed by atoms with E-state index in [9.17, 15) is 9.18 Å². The zero-order chi connectivity index (χ0) is 15.2. The Morgan fingerprint density at radius 3 is 2.52 bits per heavy atom. The molecule has 1 amide bonds. The second-order valence-electron chi connectivity index (χ2n) is 4.54. The quantitative estimate of drug-likeness (QED) is 0.938. The van der Waals surface area contributed by atoms with Crippen molar-refractivity contribution in [2.45, 2.75) is 0 Å². The van der Waals surface area contributed by atoms with Gasteiger partial charge >= 0.3 is 0 Å². The highest BCUT2D eigenvalue weighted by atomic mass is 19.1. The van der Waals surface area contributed by atoms with E-state index in [2.05, 4.69) is 5.32 Å². The molecule has 0 aliphatic carbocycles. The number of amides is 1. The monoisotopic (exact) mass is 283 g/mol. The van der Waals surface area contributed by atoms with Crippen molar-refractivity contribution in [2.24, 2.45) is 0 Å². The first kappa shape index (κ1) is 14.5. The van der Waals surface area contributed by atoms with Gasteiger partial charge in [0.1, 0.15) is 5.82 Å². The highest BCUT2D eigenvalue weighted by Gasteiger charge is 2.10. The fourth-order valence-corrected chi connectivity index (χ4v) is 1.85. The topological polar surface area (TPSA) is 56.1 Å². The number of likely N-dealkylation sites (N-methyl/N-ethyl adjacent to an activating group) is 1. The Kier molecular flexibility index (Phi) is 4.52. The number of benzene rings is 2. The van der Waals surface area contributed by atoms with Crippen molar-refractivity contribution in [1.29, 1.82) is 5.26 Å². The number of hydrogen-bond donors (Lipinski definition) is 1. The van der Waals surface area contributed by atoms with Crippen molar-refractivity contribution in [3.05, 3.63) is 59.9 Å². The molecule has 0 aliphatic rings. The standard InChI is InChI=1S/C16H14FN3O/c1-20(13-8-6-12(10-18)7-9-13)11-16(21)19-15-5-3-2-4-14(15)17/h2-9H,11H2,1H3,(H,19,21). The fourth-order valence-electron chi connectivity index (χ4n) is 1.85. The predicted molar refractivity (Wildman–Crippen MR) is 79.5 cm³/mol. The van der Waals surface area contributed by atoms with E-state index in [1.807, 2.05) is 6.07 Å². The molecule has 2 aromatic carbocycles. The molecule has 2 rings (SSSR count). The molecule has 0 aromatic heterocycles. The molecule has 0 radical (unpaired) electrons. The lowest BCUT2D eigenvalue weighted by atomic mass is 10.2. The molecule has 2 aromatic rings. The average Bonchev–Trinajstić information content (AvgIpc) is 2.49. The van der Waals surface area contributed by atoms with Crippen LogP contribution in [0.25, 0.3) is 0 Å². The van der Waals surface area contributed by atoms with Gasteiger partial charge < -0.3 is 10.2 Å². The van der Waals surface area contributed by atoms with E-state index in [1.165, 1.54) is 12.1 Å². The van der Waals surface area contributed by atoms with Gasteiger partial charge in [-0.25, -0.2) is 4.39 Å². The SMILES string of the molecule is CN(CC(=O)Nc1ccccc1F)c1ccc(C#N)cc1. The van der Waals surface area contributed by atoms with E-state index in [0.717, 1.165) is 5.69 Å². The number of halogens is 1. The summed E-state index contributed by atoms with van der Waals surface area (Å²) in [6.45, 7) is 0.0836. The molecule has 0 saturated heterocycles. The lowest BCUT2D eigenvalue weighted by molar-refractivity contribution is -0.114. The first-order valence-corrected chi connectivity index (χ1v) is 6.36. The highest BCUT2D eigenvalue weighted by Crippen LogP contribution is 2.15. The number of para-hydroxylation sites is 1. The van der Waals surface area contributed by atoms with E-state index in [0.29, 0.717) is 5.56 Å². The first-order valence-electron chi connectivity index (χ1n) is 6.36. The molecule has 0 fully saturated rings. The van der Waals surface area contributed by atoms with Gasteiger partial charge in [-0.05, 0) is 36.4 Å². The van der Waals surface area contributed by atoms with Crippen molar-refractivity contribution in [2.75, 3.05) is 23.8 Å². The van der Waals surface area contributed by atoms with Crippen LogP contribution in [0.15, 0.2) is 48.5 Å². The summed E-state index contributed by atoms with van der Waals surface area (Å²) in [4.78, 5) is 13.6. The van der Waals surface area contributed by atoms with Crippen molar-refractivity contribution in [1.82, 2.24) is 0 Å². The Bertz CT molecular complexity index is 677. The minimum absolute atomic E-state index is 0.0836. The number of carbonyl (C=O) groups is 1. The number of hydrogen-bond acceptors (Lipinski definition) is 3. The summed E-state index contributed by atoms with van der Waals surface area (Å²) in [6, 6.07) is 14.9. The third-order valence-electron chi connectivity index (χ3n) is 2.97. The molecule has 21 heavy (non-hydrogen) atoms. The number of nitrogens with zero attached hydrogens (tertiary/aromatic N) is 2. The Balaban J connectivity index is 1.99. The lowest BCUT2D eigenvalue weighted by Crippen LogP contribution is -2.30. The highest BCUT2D eigenvalue weighted by molar-refractivity contribution is 5.94. The van der Waals surface area contributed by atoms with Crippen LogP contribution in [0.1, 0.15) is 5.56 Å². The number of carbonyl (C=O) groups excluding carboxylic acids is 1. The molecule has 0 atom stereocenters. The van der Waals surface area contributed by atoms with Gasteiger partial charge in [-0.15, -0.1) is 0 Å². The molecule has 0 heterocycles. The van der Waals surface area contributed by atoms with E-state index in [-0.39, 0.29) is 18.1 Å². The van der Waals surface area contributed by atoms with Crippen LogP contribution < -0.4 is 10.2 Å². The second-order valence-corrected chi connectivity index (χ2v) is 4.54. The molecule has 0 spiro atoms. The van der Waals surface area contributed by atoms with Gasteiger partial charge in [-0.3, -0.25) is 4.79 Å². The third-order valence-corrected chi connectivity index (χ3v) is 2.97. The number of rotatable bonds is 4. The maximum atomic E-state index is 13.4. The van der Waals surface area contributed by atoms with Crippen LogP contribution in [0.5, 0.6) is 0 Å². The molecule has 0 unspecified atom stereocenters. The fraction of sp³-hybridized carbons (Fsp3) is 0.125. The second kappa shape index (κ2) is 6.53. The van der Waals surface area contributed by atoms with Gasteiger partial charge in [0.25, 0.3) is 0 Å². The minimum atomic E-state index is -0.466. The lowest BCUT2D eigenvalue weighted by Gasteiger charge is -2.18. The maximum Gasteiger partial charge on any atom is 0.243 e. The van der Waals surface area contributed by atoms with Gasteiger partial charge in [0, 0.05) is 12.7 Å². The zero-order valence-electron chi connectivity index (χ0n) is 11.5. The minimum Gasteiger partial charge on any atom is -0.365 e. The number of nitrogens with one attached hydrogen (secondary N) is 1. The van der Waals surface area contributed by atoms with Gasteiger partial charge in [-0.1, -0.05) is 12.1 Å². The van der Waals surface area contributed by atoms with Gasteiger partial charge in [0.2, 0.25) is 5.91 Å². The molecule has 4 nitrogen and oxygen atoms in total. The Labute approximate surface area is 122 Å². The smallest absolute Gasteiger partial charge is 0.243 e. The molecular formula is C16H14FN3O. The van der Waals surface area contributed by atoms with Crippen LogP contribution in [0.2, 0.25) is 0 Å². The van der Waals surface area contributed by atoms with Crippen molar-refractivity contribution < 1.29 is 9.18 Å². The van der Waals surface area contributed by atoms with Gasteiger partial charge in [0.05, 0.1) is 23.9 Å². The van der Waals surface area contributed by atoms with Crippen LogP contribution in [0.3, 0.4) is 0 Å². The summed E-state index contributed by atoms with van der Waals surface area (Å²) >= 11 is 0. The molecular weight excluding hydrogens is 269 g/mol. The van der Waals surface area contributed by atoms with E-state index in [4.69, 9.17) is 5.26 Å². The molecule has 0 aliphatic heterocycles. The molecule has 106 valence electrons. The zero-order valence-corrected chi connectivity index (χ0v) is 11.5. The Morgan fingerprint density at radius 1 is 1.24 bits per heavy atom. The Morgan fingerprint density at radius 2 is 1.90 bits per heavy atom. The molecule has 0 bridgehead atoms. The third kappa shape index (κ3) is 3.80. The van der Waals surface area contributed by atoms with Crippen molar-refractivity contribution >= 4 is 17.3 Å². The number of nitriles is 1. The average molecular weight is 283 g/mol. The first-order chi connectivity index (χ1) is 10.1. The predicted octanol–water partition coefficient (Wildman–Crippen LogP) is 2.77. The normalized spacial score (nSPS) is 9.76. The Hall–Kier alpha value is -2.87. The summed E-state index contributed by atoms with van der Waals surface area (Å²) in [7, 11) is 1.75. The molecule has 1 N–H and O–H groups in total. The molecule has 0 saturated carbocycles. The van der Waals surface area contributed by atoms with Crippen molar-refractivity contribution in [3.8, 4) is 6.07 Å².